The number of nitrogens with zero attached hydrogens (tertiary/aromatic N) is 2. The number of benzene rings is 1. The molecule has 0 saturated heterocycles. The van der Waals surface area contributed by atoms with Crippen molar-refractivity contribution in [2.24, 2.45) is 0 Å². The summed E-state index contributed by atoms with van der Waals surface area (Å²) in [5.41, 5.74) is 1.60. The maximum atomic E-state index is 12.0. The van der Waals surface area contributed by atoms with Crippen molar-refractivity contribution < 1.29 is 13.9 Å². The van der Waals surface area contributed by atoms with E-state index in [2.05, 4.69) is 27.3 Å². The summed E-state index contributed by atoms with van der Waals surface area (Å²) in [6.07, 6.45) is 5.99. The summed E-state index contributed by atoms with van der Waals surface area (Å²) in [6.45, 7) is 1.45. The highest BCUT2D eigenvalue weighted by Crippen LogP contribution is 2.30. The lowest BCUT2D eigenvalue weighted by Crippen LogP contribution is -2.26. The second kappa shape index (κ2) is 6.88. The van der Waals surface area contributed by atoms with Gasteiger partial charge in [-0.3, -0.25) is 9.69 Å². The number of nitrogens with one attached hydrogen (secondary N) is 1. The van der Waals surface area contributed by atoms with Gasteiger partial charge in [0.15, 0.2) is 5.69 Å². The highest BCUT2D eigenvalue weighted by Gasteiger charge is 2.30. The monoisotopic (exact) mass is 341 g/mol. The first kappa shape index (κ1) is 16.1. The van der Waals surface area contributed by atoms with Crippen molar-refractivity contribution in [3.63, 3.8) is 0 Å². The van der Waals surface area contributed by atoms with Gasteiger partial charge in [-0.05, 0) is 43.4 Å². The maximum Gasteiger partial charge on any atom is 0.273 e. The Hall–Kier alpha value is -2.34. The van der Waals surface area contributed by atoms with Crippen LogP contribution in [-0.2, 0) is 13.1 Å². The molecule has 2 aliphatic carbocycles. The Balaban J connectivity index is 1.39. The zero-order valence-electron chi connectivity index (χ0n) is 14.4. The molecule has 0 spiro atoms. The van der Waals surface area contributed by atoms with E-state index in [9.17, 15) is 4.79 Å². The normalized spacial score (nSPS) is 16.9. The number of amides is 1. The Morgan fingerprint density at radius 1 is 1.24 bits per heavy atom. The van der Waals surface area contributed by atoms with Gasteiger partial charge in [-0.15, -0.1) is 0 Å². The van der Waals surface area contributed by atoms with Crippen LogP contribution in [0.5, 0.6) is 5.75 Å². The quantitative estimate of drug-likeness (QED) is 0.800. The standard InChI is InChI=1S/C19H23N3O3/c1-24-16-8-2-13(3-9-16)10-22(15-6-7-15)11-18-21-17(12-25-18)19(23)20-14-4-5-14/h2-3,8-9,12,14-15H,4-7,10-11H2,1H3,(H,20,23). The average Bonchev–Trinajstić information content (AvgIpc) is 3.55. The first-order valence-electron chi connectivity index (χ1n) is 8.83. The number of hydrogen-bond acceptors (Lipinski definition) is 5. The molecule has 2 fully saturated rings. The predicted octanol–water partition coefficient (Wildman–Crippen LogP) is 2.74. The molecule has 0 atom stereocenters. The van der Waals surface area contributed by atoms with Gasteiger partial charge in [-0.2, -0.15) is 0 Å². The van der Waals surface area contributed by atoms with Crippen LogP contribution < -0.4 is 10.1 Å². The van der Waals surface area contributed by atoms with Crippen LogP contribution in [-0.4, -0.2) is 35.0 Å². The van der Waals surface area contributed by atoms with E-state index in [0.717, 1.165) is 25.1 Å². The molecular formula is C19H23N3O3. The van der Waals surface area contributed by atoms with Gasteiger partial charge >= 0.3 is 0 Å². The first-order chi connectivity index (χ1) is 12.2. The lowest BCUT2D eigenvalue weighted by Gasteiger charge is -2.20. The summed E-state index contributed by atoms with van der Waals surface area (Å²) in [5.74, 6) is 1.33. The van der Waals surface area contributed by atoms with E-state index in [1.54, 1.807) is 7.11 Å². The molecule has 25 heavy (non-hydrogen) atoms. The maximum absolute atomic E-state index is 12.0. The summed E-state index contributed by atoms with van der Waals surface area (Å²) < 4.78 is 10.7. The molecule has 4 rings (SSSR count). The number of hydrogen-bond donors (Lipinski definition) is 1. The molecule has 0 aliphatic heterocycles. The van der Waals surface area contributed by atoms with Crippen LogP contribution in [0.1, 0.15) is 47.6 Å². The van der Waals surface area contributed by atoms with Crippen LogP contribution in [0.3, 0.4) is 0 Å². The number of carbonyl (C=O) groups is 1. The van der Waals surface area contributed by atoms with Crippen LogP contribution >= 0.6 is 0 Å². The molecule has 2 aliphatic rings. The highest BCUT2D eigenvalue weighted by molar-refractivity contribution is 5.92. The van der Waals surface area contributed by atoms with Crippen LogP contribution in [0.2, 0.25) is 0 Å². The Bertz CT molecular complexity index is 733. The zero-order valence-corrected chi connectivity index (χ0v) is 14.4. The van der Waals surface area contributed by atoms with Crippen LogP contribution in [0, 0.1) is 0 Å². The number of carbonyl (C=O) groups excluding carboxylic acids is 1. The number of oxazole rings is 1. The topological polar surface area (TPSA) is 67.6 Å². The van der Waals surface area contributed by atoms with Crippen LogP contribution in [0.25, 0.3) is 0 Å². The third-order valence-corrected chi connectivity index (χ3v) is 4.64. The Labute approximate surface area is 147 Å². The van der Waals surface area contributed by atoms with Crippen molar-refractivity contribution in [3.05, 3.63) is 47.7 Å². The second-order valence-corrected chi connectivity index (χ2v) is 6.86. The molecular weight excluding hydrogens is 318 g/mol. The van der Waals surface area contributed by atoms with E-state index in [4.69, 9.17) is 9.15 Å². The largest absolute Gasteiger partial charge is 0.497 e. The minimum Gasteiger partial charge on any atom is -0.497 e. The summed E-state index contributed by atoms with van der Waals surface area (Å²) in [4.78, 5) is 18.8. The van der Waals surface area contributed by atoms with Gasteiger partial charge in [-0.25, -0.2) is 4.98 Å². The van der Waals surface area contributed by atoms with Gasteiger partial charge in [0.1, 0.15) is 12.0 Å². The van der Waals surface area contributed by atoms with Crippen molar-refractivity contribution in [1.29, 1.82) is 0 Å². The summed E-state index contributed by atoms with van der Waals surface area (Å²) in [6, 6.07) is 9.01. The minimum atomic E-state index is -0.134. The fourth-order valence-corrected chi connectivity index (χ4v) is 2.87. The molecule has 0 unspecified atom stereocenters. The Kier molecular flexibility index (Phi) is 4.44. The molecule has 6 nitrogen and oxygen atoms in total. The van der Waals surface area contributed by atoms with Gasteiger partial charge in [0, 0.05) is 18.6 Å². The molecule has 0 radical (unpaired) electrons. The lowest BCUT2D eigenvalue weighted by molar-refractivity contribution is 0.0946. The van der Waals surface area contributed by atoms with Gasteiger partial charge in [-0.1, -0.05) is 12.1 Å². The molecule has 1 amide bonds. The number of ether oxygens (including phenoxy) is 1. The van der Waals surface area contributed by atoms with Crippen LogP contribution in [0.15, 0.2) is 34.9 Å². The highest BCUT2D eigenvalue weighted by atomic mass is 16.5. The van der Waals surface area contributed by atoms with E-state index in [1.807, 2.05) is 12.1 Å². The van der Waals surface area contributed by atoms with E-state index in [-0.39, 0.29) is 5.91 Å². The molecule has 1 aromatic heterocycles. The minimum absolute atomic E-state index is 0.134. The fourth-order valence-electron chi connectivity index (χ4n) is 2.87. The SMILES string of the molecule is COc1ccc(CN(Cc2nc(C(=O)NC3CC3)co2)C2CC2)cc1. The third-order valence-electron chi connectivity index (χ3n) is 4.64. The lowest BCUT2D eigenvalue weighted by atomic mass is 10.2. The van der Waals surface area contributed by atoms with Gasteiger partial charge in [0.05, 0.1) is 13.7 Å². The first-order valence-corrected chi connectivity index (χ1v) is 8.83. The molecule has 2 saturated carbocycles. The van der Waals surface area contributed by atoms with Gasteiger partial charge in [0.2, 0.25) is 5.89 Å². The van der Waals surface area contributed by atoms with E-state index < -0.39 is 0 Å². The Morgan fingerprint density at radius 3 is 2.64 bits per heavy atom. The second-order valence-electron chi connectivity index (χ2n) is 6.86. The fraction of sp³-hybridized carbons (Fsp3) is 0.474. The molecule has 1 aromatic carbocycles. The van der Waals surface area contributed by atoms with Crippen molar-refractivity contribution >= 4 is 5.91 Å². The van der Waals surface area contributed by atoms with Gasteiger partial charge < -0.3 is 14.5 Å². The van der Waals surface area contributed by atoms with Crippen LogP contribution in [0.4, 0.5) is 0 Å². The number of rotatable bonds is 8. The van der Waals surface area contributed by atoms with Gasteiger partial charge in [0.25, 0.3) is 5.91 Å². The summed E-state index contributed by atoms with van der Waals surface area (Å²) in [7, 11) is 1.67. The smallest absolute Gasteiger partial charge is 0.273 e. The Morgan fingerprint density at radius 2 is 2.00 bits per heavy atom. The number of methoxy groups -OCH3 is 1. The van der Waals surface area contributed by atoms with Crippen molar-refractivity contribution in [1.82, 2.24) is 15.2 Å². The summed E-state index contributed by atoms with van der Waals surface area (Å²) in [5, 5.41) is 2.94. The van der Waals surface area contributed by atoms with E-state index in [1.165, 1.54) is 24.7 Å². The van der Waals surface area contributed by atoms with Crippen molar-refractivity contribution in [2.75, 3.05) is 7.11 Å². The molecule has 2 aromatic rings. The predicted molar refractivity (Wildman–Crippen MR) is 92.3 cm³/mol. The zero-order chi connectivity index (χ0) is 17.2. The van der Waals surface area contributed by atoms with Crippen molar-refractivity contribution in [3.8, 4) is 5.75 Å². The molecule has 6 heteroatoms. The summed E-state index contributed by atoms with van der Waals surface area (Å²) >= 11 is 0. The van der Waals surface area contributed by atoms with Crippen molar-refractivity contribution in [2.45, 2.75) is 50.9 Å². The molecule has 132 valence electrons. The molecule has 1 heterocycles. The van der Waals surface area contributed by atoms with E-state index in [0.29, 0.717) is 30.2 Å². The van der Waals surface area contributed by atoms with E-state index >= 15 is 0 Å². The molecule has 0 bridgehead atoms. The third kappa shape index (κ3) is 4.20. The average molecular weight is 341 g/mol. The molecule has 1 N–H and O–H groups in total. The number of aromatic nitrogens is 1.